The van der Waals surface area contributed by atoms with E-state index < -0.39 is 0 Å². The molecule has 0 bridgehead atoms. The summed E-state index contributed by atoms with van der Waals surface area (Å²) >= 11 is 1.78. The van der Waals surface area contributed by atoms with E-state index in [1.54, 1.807) is 11.8 Å². The molecule has 1 aromatic carbocycles. The van der Waals surface area contributed by atoms with Crippen molar-refractivity contribution in [3.63, 3.8) is 0 Å². The third-order valence-corrected chi connectivity index (χ3v) is 6.18. The van der Waals surface area contributed by atoms with E-state index in [4.69, 9.17) is 4.98 Å². The number of carbonyl (C=O) groups excluding carboxylic acids is 1. The first-order valence-electron chi connectivity index (χ1n) is 9.67. The quantitative estimate of drug-likeness (QED) is 0.842. The molecule has 1 saturated carbocycles. The van der Waals surface area contributed by atoms with Crippen molar-refractivity contribution in [2.75, 3.05) is 18.2 Å². The normalized spacial score (nSPS) is 17.3. The van der Waals surface area contributed by atoms with Crippen LogP contribution in [0.1, 0.15) is 66.7 Å². The van der Waals surface area contributed by atoms with Gasteiger partial charge in [0.2, 0.25) is 0 Å². The summed E-state index contributed by atoms with van der Waals surface area (Å²) in [7, 11) is 0. The lowest BCUT2D eigenvalue weighted by molar-refractivity contribution is 0.0954. The molecule has 1 aromatic heterocycles. The summed E-state index contributed by atoms with van der Waals surface area (Å²) in [5, 5.41) is 4.16. The zero-order chi connectivity index (χ0) is 19.2. The minimum absolute atomic E-state index is 0.0203. The van der Waals surface area contributed by atoms with Crippen molar-refractivity contribution in [1.29, 1.82) is 0 Å². The first-order chi connectivity index (χ1) is 12.8. The van der Waals surface area contributed by atoms with Crippen LogP contribution < -0.4 is 5.32 Å². The molecule has 1 aliphatic carbocycles. The highest BCUT2D eigenvalue weighted by molar-refractivity contribution is 8.00. The van der Waals surface area contributed by atoms with Crippen LogP contribution in [-0.2, 0) is 5.41 Å². The van der Waals surface area contributed by atoms with Gasteiger partial charge in [-0.25, -0.2) is 4.98 Å². The smallest absolute Gasteiger partial charge is 0.270 e. The standard InChI is InChI=1S/C22H27N3OS/c1-13-7-19(21(26)23-10-16-11-27-12-24-16)25-20-17(13)8-15(14-5-6-14)9-18(20)22(2,3)4/h7-9,14H,5-6,10-12H2,1-4H3,(H,23,26). The predicted molar refractivity (Wildman–Crippen MR) is 114 cm³/mol. The van der Waals surface area contributed by atoms with Crippen LogP contribution in [0.2, 0.25) is 0 Å². The summed E-state index contributed by atoms with van der Waals surface area (Å²) < 4.78 is 0. The Bertz CT molecular complexity index is 939. The summed E-state index contributed by atoms with van der Waals surface area (Å²) in [5.41, 5.74) is 6.26. The van der Waals surface area contributed by atoms with Crippen LogP contribution in [0.3, 0.4) is 0 Å². The molecule has 0 saturated heterocycles. The van der Waals surface area contributed by atoms with Crippen LogP contribution in [0.25, 0.3) is 10.9 Å². The van der Waals surface area contributed by atoms with E-state index in [2.05, 4.69) is 50.1 Å². The summed E-state index contributed by atoms with van der Waals surface area (Å²) in [4.78, 5) is 21.9. The topological polar surface area (TPSA) is 54.4 Å². The van der Waals surface area contributed by atoms with Crippen molar-refractivity contribution in [3.05, 3.63) is 40.6 Å². The molecular weight excluding hydrogens is 354 g/mol. The van der Waals surface area contributed by atoms with Crippen LogP contribution in [0.15, 0.2) is 23.2 Å². The monoisotopic (exact) mass is 381 g/mol. The maximum atomic E-state index is 12.7. The average Bonchev–Trinajstić information content (AvgIpc) is 3.34. The Morgan fingerprint density at radius 2 is 2.04 bits per heavy atom. The number of hydrogen-bond donors (Lipinski definition) is 1. The molecule has 0 unspecified atom stereocenters. The van der Waals surface area contributed by atoms with Gasteiger partial charge in [0.15, 0.2) is 0 Å². The molecule has 4 nitrogen and oxygen atoms in total. The van der Waals surface area contributed by atoms with Gasteiger partial charge in [-0.2, -0.15) is 0 Å². The Kier molecular flexibility index (Phi) is 4.75. The van der Waals surface area contributed by atoms with Gasteiger partial charge >= 0.3 is 0 Å². The predicted octanol–water partition coefficient (Wildman–Crippen LogP) is 4.59. The number of amides is 1. The van der Waals surface area contributed by atoms with Crippen molar-refractivity contribution in [1.82, 2.24) is 10.3 Å². The molecule has 0 atom stereocenters. The molecule has 0 radical (unpaired) electrons. The highest BCUT2D eigenvalue weighted by Gasteiger charge is 2.28. The van der Waals surface area contributed by atoms with Gasteiger partial charge in [0.25, 0.3) is 5.91 Å². The number of rotatable bonds is 4. The Balaban J connectivity index is 1.72. The number of thioether (sulfide) groups is 1. The van der Waals surface area contributed by atoms with E-state index in [9.17, 15) is 4.79 Å². The number of fused-ring (bicyclic) bond motifs is 1. The van der Waals surface area contributed by atoms with E-state index in [-0.39, 0.29) is 11.3 Å². The summed E-state index contributed by atoms with van der Waals surface area (Å²) in [6, 6.07) is 6.53. The summed E-state index contributed by atoms with van der Waals surface area (Å²) in [6.45, 7) is 9.26. The highest BCUT2D eigenvalue weighted by Crippen LogP contribution is 2.43. The number of aryl methyl sites for hydroxylation is 1. The lowest BCUT2D eigenvalue weighted by atomic mass is 9.83. The number of aliphatic imine (C=N–C) groups is 1. The molecule has 5 heteroatoms. The van der Waals surface area contributed by atoms with Crippen molar-refractivity contribution in [2.24, 2.45) is 4.99 Å². The van der Waals surface area contributed by atoms with Crippen molar-refractivity contribution in [3.8, 4) is 0 Å². The van der Waals surface area contributed by atoms with E-state index >= 15 is 0 Å². The number of benzene rings is 1. The highest BCUT2D eigenvalue weighted by atomic mass is 32.2. The van der Waals surface area contributed by atoms with Gasteiger partial charge in [0.1, 0.15) is 5.69 Å². The van der Waals surface area contributed by atoms with Gasteiger partial charge in [-0.3, -0.25) is 9.79 Å². The molecule has 1 amide bonds. The molecule has 1 aliphatic heterocycles. The zero-order valence-electron chi connectivity index (χ0n) is 16.6. The minimum atomic E-state index is -0.120. The number of pyridine rings is 1. The van der Waals surface area contributed by atoms with Crippen LogP contribution in [0.5, 0.6) is 0 Å². The van der Waals surface area contributed by atoms with Crippen molar-refractivity contribution < 1.29 is 4.79 Å². The first-order valence-corrected chi connectivity index (χ1v) is 10.8. The van der Waals surface area contributed by atoms with E-state index in [1.807, 2.05) is 6.07 Å². The van der Waals surface area contributed by atoms with Crippen LogP contribution in [0, 0.1) is 6.92 Å². The van der Waals surface area contributed by atoms with E-state index in [0.717, 1.165) is 28.4 Å². The second-order valence-corrected chi connectivity index (χ2v) is 9.65. The number of carbonyl (C=O) groups is 1. The minimum Gasteiger partial charge on any atom is -0.345 e. The van der Waals surface area contributed by atoms with Gasteiger partial charge in [-0.05, 0) is 59.9 Å². The number of nitrogens with zero attached hydrogens (tertiary/aromatic N) is 2. The molecule has 2 aliphatic rings. The van der Waals surface area contributed by atoms with Crippen molar-refractivity contribution in [2.45, 2.75) is 51.9 Å². The molecule has 4 rings (SSSR count). The maximum absolute atomic E-state index is 12.7. The second kappa shape index (κ2) is 6.93. The Hall–Kier alpha value is -1.88. The Morgan fingerprint density at radius 3 is 2.67 bits per heavy atom. The number of nitrogens with one attached hydrogen (secondary N) is 1. The Labute approximate surface area is 165 Å². The molecule has 2 heterocycles. The number of hydrogen-bond acceptors (Lipinski definition) is 4. The van der Waals surface area contributed by atoms with E-state index in [1.165, 1.54) is 29.4 Å². The molecule has 27 heavy (non-hydrogen) atoms. The average molecular weight is 382 g/mol. The SMILES string of the molecule is Cc1cc(C(=O)NCC2=NCSC2)nc2c(C(C)(C)C)cc(C3CC3)cc12. The Morgan fingerprint density at radius 1 is 1.26 bits per heavy atom. The third-order valence-electron chi connectivity index (χ3n) is 5.33. The molecule has 2 aromatic rings. The fourth-order valence-electron chi connectivity index (χ4n) is 3.58. The second-order valence-electron chi connectivity index (χ2n) is 8.70. The maximum Gasteiger partial charge on any atom is 0.270 e. The van der Waals surface area contributed by atoms with Crippen LogP contribution in [0.4, 0.5) is 0 Å². The largest absolute Gasteiger partial charge is 0.345 e. The summed E-state index contributed by atoms with van der Waals surface area (Å²) in [6.07, 6.45) is 2.56. The lowest BCUT2D eigenvalue weighted by Gasteiger charge is -2.23. The van der Waals surface area contributed by atoms with Gasteiger partial charge in [0, 0.05) is 16.9 Å². The van der Waals surface area contributed by atoms with Gasteiger partial charge in [-0.1, -0.05) is 26.8 Å². The molecular formula is C22H27N3OS. The van der Waals surface area contributed by atoms with Gasteiger partial charge < -0.3 is 5.32 Å². The van der Waals surface area contributed by atoms with Crippen molar-refractivity contribution >= 4 is 34.3 Å². The molecule has 1 fully saturated rings. The van der Waals surface area contributed by atoms with Gasteiger partial charge in [-0.15, -0.1) is 11.8 Å². The van der Waals surface area contributed by atoms with Gasteiger partial charge in [0.05, 0.1) is 17.9 Å². The van der Waals surface area contributed by atoms with E-state index in [0.29, 0.717) is 18.2 Å². The zero-order valence-corrected chi connectivity index (χ0v) is 17.4. The summed E-state index contributed by atoms with van der Waals surface area (Å²) in [5.74, 6) is 2.29. The first kappa shape index (κ1) is 18.5. The third kappa shape index (κ3) is 3.88. The fourth-order valence-corrected chi connectivity index (χ4v) is 4.37. The lowest BCUT2D eigenvalue weighted by Crippen LogP contribution is -2.30. The van der Waals surface area contributed by atoms with Crippen LogP contribution in [-0.4, -0.2) is 34.8 Å². The molecule has 1 N–H and O–H groups in total. The fraction of sp³-hybridized carbons (Fsp3) is 0.500. The molecule has 0 spiro atoms. The molecule has 142 valence electrons. The van der Waals surface area contributed by atoms with Crippen LogP contribution >= 0.6 is 11.8 Å². The number of aromatic nitrogens is 1.